The molecule has 0 aliphatic heterocycles. The molecule has 0 bridgehead atoms. The van der Waals surface area contributed by atoms with Gasteiger partial charge in [0.2, 0.25) is 9.84 Å². The van der Waals surface area contributed by atoms with Gasteiger partial charge in [-0.05, 0) is 43.5 Å². The van der Waals surface area contributed by atoms with E-state index in [1.807, 2.05) is 37.3 Å². The van der Waals surface area contributed by atoms with Crippen LogP contribution in [0, 0.1) is 0 Å². The third-order valence-electron chi connectivity index (χ3n) is 3.74. The van der Waals surface area contributed by atoms with Crippen LogP contribution in [0.15, 0.2) is 59.5 Å². The van der Waals surface area contributed by atoms with Crippen LogP contribution in [0.2, 0.25) is 0 Å². The molecule has 8 heteroatoms. The number of carbonyl (C=O) groups excluding carboxylic acids is 1. The van der Waals surface area contributed by atoms with Gasteiger partial charge in [0.25, 0.3) is 0 Å². The second-order valence-corrected chi connectivity index (χ2v) is 7.78. The quantitative estimate of drug-likeness (QED) is 0.764. The summed E-state index contributed by atoms with van der Waals surface area (Å²) < 4.78 is 48.2. The Morgan fingerprint density at radius 3 is 2.42 bits per heavy atom. The number of sulfone groups is 1. The van der Waals surface area contributed by atoms with Gasteiger partial charge in [-0.1, -0.05) is 36.4 Å². The highest BCUT2D eigenvalue weighted by Crippen LogP contribution is 2.21. The van der Waals surface area contributed by atoms with E-state index in [-0.39, 0.29) is 11.7 Å². The summed E-state index contributed by atoms with van der Waals surface area (Å²) in [6.07, 6.45) is 1.52. The summed E-state index contributed by atoms with van der Waals surface area (Å²) in [7, 11) is -4.70. The van der Waals surface area contributed by atoms with Crippen LogP contribution < -0.4 is 10.6 Å². The van der Waals surface area contributed by atoms with Gasteiger partial charge in [0.15, 0.2) is 0 Å². The van der Waals surface area contributed by atoms with Crippen LogP contribution in [0.3, 0.4) is 0 Å². The molecule has 0 heterocycles. The van der Waals surface area contributed by atoms with Gasteiger partial charge in [0.05, 0.1) is 4.90 Å². The lowest BCUT2D eigenvalue weighted by atomic mass is 10.1. The van der Waals surface area contributed by atoms with E-state index in [0.29, 0.717) is 0 Å². The van der Waals surface area contributed by atoms with E-state index in [2.05, 4.69) is 10.6 Å². The summed E-state index contributed by atoms with van der Waals surface area (Å²) >= 11 is 0. The molecule has 2 aromatic carbocycles. The largest absolute Gasteiger partial charge is 0.341 e. The van der Waals surface area contributed by atoms with Crippen molar-refractivity contribution in [1.29, 1.82) is 0 Å². The van der Waals surface area contributed by atoms with Crippen molar-refractivity contribution in [2.75, 3.05) is 5.32 Å². The van der Waals surface area contributed by atoms with Crippen LogP contribution in [-0.2, 0) is 16.3 Å². The van der Waals surface area contributed by atoms with Crippen LogP contribution >= 0.6 is 0 Å². The smallest absolute Gasteiger partial charge is 0.335 e. The summed E-state index contributed by atoms with van der Waals surface area (Å²) in [4.78, 5) is 11.5. The molecule has 140 valence electrons. The molecular weight excluding hydrogens is 362 g/mol. The van der Waals surface area contributed by atoms with Gasteiger partial charge in [0, 0.05) is 11.7 Å². The first-order chi connectivity index (χ1) is 12.3. The number of anilines is 1. The molecule has 0 aliphatic rings. The maximum Gasteiger partial charge on any atom is 0.341 e. The molecule has 1 unspecified atom stereocenters. The number of halogens is 2. The maximum absolute atomic E-state index is 12.6. The van der Waals surface area contributed by atoms with Gasteiger partial charge in [-0.25, -0.2) is 13.2 Å². The van der Waals surface area contributed by atoms with E-state index in [4.69, 9.17) is 0 Å². The first-order valence-electron chi connectivity index (χ1n) is 8.02. The Labute approximate surface area is 151 Å². The van der Waals surface area contributed by atoms with Crippen LogP contribution in [-0.4, -0.2) is 26.2 Å². The number of urea groups is 1. The average Bonchev–Trinajstić information content (AvgIpc) is 2.61. The monoisotopic (exact) mass is 382 g/mol. The average molecular weight is 382 g/mol. The zero-order valence-electron chi connectivity index (χ0n) is 14.2. The second kappa shape index (κ2) is 8.75. The molecule has 0 saturated heterocycles. The van der Waals surface area contributed by atoms with Crippen molar-refractivity contribution in [3.63, 3.8) is 0 Å². The van der Waals surface area contributed by atoms with Crippen molar-refractivity contribution in [2.24, 2.45) is 0 Å². The fourth-order valence-electron chi connectivity index (χ4n) is 2.34. The number of carbonyl (C=O) groups is 1. The number of alkyl halides is 2. The van der Waals surface area contributed by atoms with Gasteiger partial charge in [0.1, 0.15) is 0 Å². The third kappa shape index (κ3) is 5.52. The van der Waals surface area contributed by atoms with Gasteiger partial charge in [-0.3, -0.25) is 0 Å². The predicted molar refractivity (Wildman–Crippen MR) is 96.0 cm³/mol. The Kier molecular flexibility index (Phi) is 6.68. The van der Waals surface area contributed by atoms with Crippen molar-refractivity contribution < 1.29 is 22.0 Å². The van der Waals surface area contributed by atoms with Crippen molar-refractivity contribution in [1.82, 2.24) is 5.32 Å². The van der Waals surface area contributed by atoms with E-state index in [0.717, 1.165) is 30.5 Å². The van der Waals surface area contributed by atoms with Crippen molar-refractivity contribution in [3.05, 3.63) is 60.2 Å². The summed E-state index contributed by atoms with van der Waals surface area (Å²) in [5.74, 6) is -3.51. The van der Waals surface area contributed by atoms with Crippen LogP contribution in [0.4, 0.5) is 19.3 Å². The number of rotatable bonds is 7. The second-order valence-electron chi connectivity index (χ2n) is 5.86. The van der Waals surface area contributed by atoms with Crippen molar-refractivity contribution >= 4 is 21.6 Å². The highest BCUT2D eigenvalue weighted by molar-refractivity contribution is 7.91. The zero-order valence-corrected chi connectivity index (χ0v) is 15.0. The lowest BCUT2D eigenvalue weighted by Gasteiger charge is -2.15. The Bertz CT molecular complexity index is 843. The highest BCUT2D eigenvalue weighted by atomic mass is 32.2. The summed E-state index contributed by atoms with van der Waals surface area (Å²) in [5, 5.41) is 5.19. The number of hydrogen-bond acceptors (Lipinski definition) is 3. The van der Waals surface area contributed by atoms with Crippen LogP contribution in [0.25, 0.3) is 0 Å². The first-order valence-corrected chi connectivity index (χ1v) is 9.57. The molecule has 26 heavy (non-hydrogen) atoms. The van der Waals surface area contributed by atoms with Crippen molar-refractivity contribution in [3.8, 4) is 0 Å². The topological polar surface area (TPSA) is 75.3 Å². The normalized spacial score (nSPS) is 12.6. The third-order valence-corrected chi connectivity index (χ3v) is 5.12. The fourth-order valence-corrected chi connectivity index (χ4v) is 3.11. The van der Waals surface area contributed by atoms with E-state index >= 15 is 0 Å². The number of aryl methyl sites for hydroxylation is 1. The summed E-state index contributed by atoms with van der Waals surface area (Å²) in [6, 6.07) is 14.0. The lowest BCUT2D eigenvalue weighted by Crippen LogP contribution is -2.36. The molecule has 0 aromatic heterocycles. The first kappa shape index (κ1) is 19.8. The Hall–Kier alpha value is -2.48. The number of nitrogens with one attached hydrogen (secondary N) is 2. The highest BCUT2D eigenvalue weighted by Gasteiger charge is 2.26. The molecule has 5 nitrogen and oxygen atoms in total. The number of hydrogen-bond donors (Lipinski definition) is 2. The van der Waals surface area contributed by atoms with E-state index in [1.165, 1.54) is 12.1 Å². The van der Waals surface area contributed by atoms with Crippen molar-refractivity contribution in [2.45, 2.75) is 36.5 Å². The minimum Gasteiger partial charge on any atom is -0.335 e. The van der Waals surface area contributed by atoms with E-state index in [1.54, 1.807) is 0 Å². The minimum absolute atomic E-state index is 0.122. The van der Waals surface area contributed by atoms with Gasteiger partial charge in [-0.15, -0.1) is 0 Å². The van der Waals surface area contributed by atoms with E-state index in [9.17, 15) is 22.0 Å². The van der Waals surface area contributed by atoms with Crippen LogP contribution in [0.5, 0.6) is 0 Å². The molecule has 0 fully saturated rings. The SMILES string of the molecule is CC(CCc1ccccc1)NC(=O)Nc1cccc(S(=O)(=O)C(F)F)c1. The fraction of sp³-hybridized carbons (Fsp3) is 0.278. The zero-order chi connectivity index (χ0) is 19.2. The molecule has 0 saturated carbocycles. The van der Waals surface area contributed by atoms with E-state index < -0.39 is 26.5 Å². The molecule has 2 N–H and O–H groups in total. The Balaban J connectivity index is 1.91. The molecule has 1 atom stereocenters. The summed E-state index contributed by atoms with van der Waals surface area (Å²) in [5.41, 5.74) is 1.28. The number of benzene rings is 2. The van der Waals surface area contributed by atoms with Gasteiger partial charge in [-0.2, -0.15) is 8.78 Å². The summed E-state index contributed by atoms with van der Waals surface area (Å²) in [6.45, 7) is 1.85. The standard InChI is InChI=1S/C18H20F2N2O3S/c1-13(10-11-14-6-3-2-4-7-14)21-18(23)22-15-8-5-9-16(12-15)26(24,25)17(19)20/h2-9,12-13,17H,10-11H2,1H3,(H2,21,22,23). The van der Waals surface area contributed by atoms with Gasteiger partial charge < -0.3 is 10.6 Å². The van der Waals surface area contributed by atoms with Crippen LogP contribution in [0.1, 0.15) is 18.9 Å². The van der Waals surface area contributed by atoms with Gasteiger partial charge >= 0.3 is 11.8 Å². The molecule has 0 radical (unpaired) electrons. The molecule has 2 aromatic rings. The maximum atomic E-state index is 12.6. The number of amides is 2. The molecular formula is C18H20F2N2O3S. The predicted octanol–water partition coefficient (Wildman–Crippen LogP) is 3.83. The molecule has 2 rings (SSSR count). The lowest BCUT2D eigenvalue weighted by molar-refractivity contribution is 0.235. The molecule has 0 spiro atoms. The molecule has 2 amide bonds. The Morgan fingerprint density at radius 2 is 1.77 bits per heavy atom. The minimum atomic E-state index is -4.70. The Morgan fingerprint density at radius 1 is 1.08 bits per heavy atom. The molecule has 0 aliphatic carbocycles.